The molecule has 0 amide bonds. The van der Waals surface area contributed by atoms with Crippen molar-refractivity contribution in [3.63, 3.8) is 0 Å². The normalized spacial score (nSPS) is 47.0. The highest BCUT2D eigenvalue weighted by Crippen LogP contribution is 2.59. The highest BCUT2D eigenvalue weighted by molar-refractivity contribution is 6.01. The number of hydrogen-bond acceptors (Lipinski definition) is 3. The standard InChI is InChI=1S/C12H16O3/c1-15-12(14)11-9(13)5-8-6-2-3-7(4-6)10(8)11/h6-8,10-11H,2-5H2,1H3/t6-,7+,8+,10-,11?/m1/s1. The van der Waals surface area contributed by atoms with Crippen LogP contribution in [0.3, 0.4) is 0 Å². The highest BCUT2D eigenvalue weighted by Gasteiger charge is 2.58. The number of Topliss-reactive ketones (excluding diaryl/α,β-unsaturated/α-hetero) is 1. The van der Waals surface area contributed by atoms with E-state index in [1.807, 2.05) is 0 Å². The molecule has 82 valence electrons. The Hall–Kier alpha value is -0.860. The molecule has 3 fully saturated rings. The molecule has 0 aromatic rings. The van der Waals surface area contributed by atoms with Gasteiger partial charge in [0.1, 0.15) is 11.7 Å². The zero-order chi connectivity index (χ0) is 10.6. The molecule has 0 spiro atoms. The van der Waals surface area contributed by atoms with Crippen LogP contribution in [0.15, 0.2) is 0 Å². The van der Waals surface area contributed by atoms with Gasteiger partial charge >= 0.3 is 5.97 Å². The van der Waals surface area contributed by atoms with Crippen LogP contribution in [0, 0.1) is 29.6 Å². The van der Waals surface area contributed by atoms with Gasteiger partial charge in [-0.1, -0.05) is 0 Å². The van der Waals surface area contributed by atoms with Gasteiger partial charge in [-0.2, -0.15) is 0 Å². The number of esters is 1. The van der Waals surface area contributed by atoms with E-state index in [1.165, 1.54) is 26.4 Å². The van der Waals surface area contributed by atoms with Gasteiger partial charge in [0.2, 0.25) is 0 Å². The maximum atomic E-state index is 11.8. The van der Waals surface area contributed by atoms with Crippen molar-refractivity contribution in [2.24, 2.45) is 29.6 Å². The van der Waals surface area contributed by atoms with Gasteiger partial charge < -0.3 is 4.74 Å². The van der Waals surface area contributed by atoms with Crippen LogP contribution in [-0.4, -0.2) is 18.9 Å². The molecular weight excluding hydrogens is 192 g/mol. The second kappa shape index (κ2) is 3.06. The molecule has 3 aliphatic rings. The number of carbonyl (C=O) groups excluding carboxylic acids is 2. The zero-order valence-corrected chi connectivity index (χ0v) is 8.94. The Morgan fingerprint density at radius 2 is 2.07 bits per heavy atom. The molecule has 3 aliphatic carbocycles. The monoisotopic (exact) mass is 208 g/mol. The predicted molar refractivity (Wildman–Crippen MR) is 52.9 cm³/mol. The van der Waals surface area contributed by atoms with Crippen LogP contribution in [-0.2, 0) is 14.3 Å². The summed E-state index contributed by atoms with van der Waals surface area (Å²) in [7, 11) is 1.39. The smallest absolute Gasteiger partial charge is 0.316 e. The molecule has 1 unspecified atom stereocenters. The second-order valence-corrected chi connectivity index (χ2v) is 5.25. The quantitative estimate of drug-likeness (QED) is 0.483. The van der Waals surface area contributed by atoms with Crippen molar-refractivity contribution in [2.75, 3.05) is 7.11 Å². The summed E-state index contributed by atoms with van der Waals surface area (Å²) in [4.78, 5) is 23.4. The maximum Gasteiger partial charge on any atom is 0.316 e. The molecule has 2 bridgehead atoms. The van der Waals surface area contributed by atoms with Crippen molar-refractivity contribution < 1.29 is 14.3 Å². The molecule has 3 rings (SSSR count). The molecule has 15 heavy (non-hydrogen) atoms. The molecule has 0 N–H and O–H groups in total. The third-order valence-corrected chi connectivity index (χ3v) is 4.78. The minimum absolute atomic E-state index is 0.133. The van der Waals surface area contributed by atoms with E-state index in [0.717, 1.165) is 5.92 Å². The Balaban J connectivity index is 1.90. The minimum Gasteiger partial charge on any atom is -0.468 e. The molecule has 0 heterocycles. The molecule has 3 saturated carbocycles. The van der Waals surface area contributed by atoms with Gasteiger partial charge in [-0.05, 0) is 42.9 Å². The molecular formula is C12H16O3. The Labute approximate surface area is 89.2 Å². The number of carbonyl (C=O) groups is 2. The van der Waals surface area contributed by atoms with E-state index >= 15 is 0 Å². The van der Waals surface area contributed by atoms with Crippen LogP contribution in [0.1, 0.15) is 25.7 Å². The van der Waals surface area contributed by atoms with E-state index in [1.54, 1.807) is 0 Å². The summed E-state index contributed by atoms with van der Waals surface area (Å²) in [6, 6.07) is 0. The lowest BCUT2D eigenvalue weighted by Gasteiger charge is -2.26. The highest BCUT2D eigenvalue weighted by atomic mass is 16.5. The van der Waals surface area contributed by atoms with E-state index < -0.39 is 5.92 Å². The first-order valence-electron chi connectivity index (χ1n) is 5.83. The third kappa shape index (κ3) is 1.12. The van der Waals surface area contributed by atoms with E-state index in [4.69, 9.17) is 4.74 Å². The van der Waals surface area contributed by atoms with Crippen molar-refractivity contribution in [1.82, 2.24) is 0 Å². The Bertz CT molecular complexity index is 323. The predicted octanol–water partition coefficient (Wildman–Crippen LogP) is 1.41. The Morgan fingerprint density at radius 3 is 2.80 bits per heavy atom. The van der Waals surface area contributed by atoms with Gasteiger partial charge in [0.25, 0.3) is 0 Å². The van der Waals surface area contributed by atoms with E-state index in [9.17, 15) is 9.59 Å². The topological polar surface area (TPSA) is 43.4 Å². The Kier molecular flexibility index (Phi) is 1.91. The molecule has 0 radical (unpaired) electrons. The summed E-state index contributed by atoms with van der Waals surface area (Å²) in [5.74, 6) is 1.59. The summed E-state index contributed by atoms with van der Waals surface area (Å²) in [5.41, 5.74) is 0. The van der Waals surface area contributed by atoms with Crippen LogP contribution in [0.4, 0.5) is 0 Å². The summed E-state index contributed by atoms with van der Waals surface area (Å²) in [6.45, 7) is 0. The maximum absolute atomic E-state index is 11.8. The fraction of sp³-hybridized carbons (Fsp3) is 0.833. The van der Waals surface area contributed by atoms with E-state index in [0.29, 0.717) is 24.2 Å². The van der Waals surface area contributed by atoms with Gasteiger partial charge in [-0.25, -0.2) is 0 Å². The zero-order valence-electron chi connectivity index (χ0n) is 8.94. The van der Waals surface area contributed by atoms with E-state index in [2.05, 4.69) is 0 Å². The van der Waals surface area contributed by atoms with Crippen LogP contribution >= 0.6 is 0 Å². The number of methoxy groups -OCH3 is 1. The van der Waals surface area contributed by atoms with E-state index in [-0.39, 0.29) is 11.8 Å². The molecule has 3 heteroatoms. The molecule has 0 aromatic carbocycles. The number of ketones is 1. The van der Waals surface area contributed by atoms with Crippen LogP contribution in [0.5, 0.6) is 0 Å². The Morgan fingerprint density at radius 1 is 1.33 bits per heavy atom. The summed E-state index contributed by atoms with van der Waals surface area (Å²) in [6.07, 6.45) is 4.36. The number of rotatable bonds is 1. The molecule has 0 saturated heterocycles. The van der Waals surface area contributed by atoms with Crippen molar-refractivity contribution >= 4 is 11.8 Å². The SMILES string of the molecule is COC(=O)C1C(=O)C[C@H]2[C@@H]3CC[C@@H](C3)[C@@H]12. The second-order valence-electron chi connectivity index (χ2n) is 5.25. The van der Waals surface area contributed by atoms with Crippen LogP contribution < -0.4 is 0 Å². The fourth-order valence-corrected chi connectivity index (χ4v) is 4.27. The van der Waals surface area contributed by atoms with Crippen LogP contribution in [0.2, 0.25) is 0 Å². The fourth-order valence-electron chi connectivity index (χ4n) is 4.27. The molecule has 0 aliphatic heterocycles. The average Bonchev–Trinajstić information content (AvgIpc) is 2.86. The van der Waals surface area contributed by atoms with Crippen molar-refractivity contribution in [3.8, 4) is 0 Å². The van der Waals surface area contributed by atoms with Gasteiger partial charge in [-0.15, -0.1) is 0 Å². The third-order valence-electron chi connectivity index (χ3n) is 4.78. The minimum atomic E-state index is -0.421. The summed E-state index contributed by atoms with van der Waals surface area (Å²) >= 11 is 0. The summed E-state index contributed by atoms with van der Waals surface area (Å²) in [5, 5.41) is 0. The van der Waals surface area contributed by atoms with Crippen molar-refractivity contribution in [3.05, 3.63) is 0 Å². The lowest BCUT2D eigenvalue weighted by atomic mass is 9.78. The van der Waals surface area contributed by atoms with Gasteiger partial charge in [0, 0.05) is 6.42 Å². The molecule has 3 nitrogen and oxygen atoms in total. The summed E-state index contributed by atoms with van der Waals surface area (Å²) < 4.78 is 4.76. The number of ether oxygens (including phenoxy) is 1. The lowest BCUT2D eigenvalue weighted by molar-refractivity contribution is -0.150. The first kappa shape index (κ1) is 9.37. The van der Waals surface area contributed by atoms with Gasteiger partial charge in [0.15, 0.2) is 0 Å². The average molecular weight is 208 g/mol. The van der Waals surface area contributed by atoms with Crippen LogP contribution in [0.25, 0.3) is 0 Å². The first-order valence-corrected chi connectivity index (χ1v) is 5.83. The number of hydrogen-bond donors (Lipinski definition) is 0. The van der Waals surface area contributed by atoms with Gasteiger partial charge in [-0.3, -0.25) is 9.59 Å². The molecule has 5 atom stereocenters. The first-order chi connectivity index (χ1) is 7.22. The van der Waals surface area contributed by atoms with Gasteiger partial charge in [0.05, 0.1) is 7.11 Å². The van der Waals surface area contributed by atoms with Crippen molar-refractivity contribution in [1.29, 1.82) is 0 Å². The number of fused-ring (bicyclic) bond motifs is 5. The lowest BCUT2D eigenvalue weighted by Crippen LogP contribution is -2.30. The van der Waals surface area contributed by atoms with Crippen molar-refractivity contribution in [2.45, 2.75) is 25.7 Å². The molecule has 0 aromatic heterocycles. The largest absolute Gasteiger partial charge is 0.468 e.